The minimum Gasteiger partial charge on any atom is -0.494 e. The molecule has 1 aliphatic rings. The van der Waals surface area contributed by atoms with Gasteiger partial charge in [-0.15, -0.1) is 0 Å². The lowest BCUT2D eigenvalue weighted by molar-refractivity contribution is -0.138. The zero-order chi connectivity index (χ0) is 33.8. The second kappa shape index (κ2) is 15.0. The summed E-state index contributed by atoms with van der Waals surface area (Å²) >= 11 is 7.00. The average molecular weight is 840 g/mol. The van der Waals surface area contributed by atoms with Gasteiger partial charge in [0.25, 0.3) is 5.56 Å². The van der Waals surface area contributed by atoms with E-state index >= 15 is 0 Å². The van der Waals surface area contributed by atoms with Crippen molar-refractivity contribution in [3.8, 4) is 11.5 Å². The average Bonchev–Trinajstić information content (AvgIpc) is 3.39. The van der Waals surface area contributed by atoms with Crippen LogP contribution in [0.15, 0.2) is 111 Å². The highest BCUT2D eigenvalue weighted by atomic mass is 127. The molecule has 0 N–H and O–H groups in total. The molecule has 1 aliphatic heterocycles. The Labute approximate surface area is 302 Å². The molecule has 0 amide bonds. The van der Waals surface area contributed by atoms with Gasteiger partial charge in [0.2, 0.25) is 0 Å². The van der Waals surface area contributed by atoms with E-state index in [-0.39, 0.29) is 30.2 Å². The lowest BCUT2D eigenvalue weighted by Crippen LogP contribution is -2.40. The Hall–Kier alpha value is -4.07. The highest BCUT2D eigenvalue weighted by molar-refractivity contribution is 14.1. The SMILES string of the molecule is CCOC(=O)C1=C(c2ccccc2)N=c2s/c(=C\c3cc(Br)cc(I)c3OCc3ccc(F)cc3)c(=O)n2[C@H]1c1ccc(OCC)cc1. The topological polar surface area (TPSA) is 79.1 Å². The lowest BCUT2D eigenvalue weighted by Gasteiger charge is -2.26. The zero-order valence-electron chi connectivity index (χ0n) is 25.9. The van der Waals surface area contributed by atoms with E-state index in [0.717, 1.165) is 19.2 Å². The summed E-state index contributed by atoms with van der Waals surface area (Å²) in [4.78, 5) is 33.5. The minimum absolute atomic E-state index is 0.160. The van der Waals surface area contributed by atoms with Crippen LogP contribution in [-0.2, 0) is 16.1 Å². The first kappa shape index (κ1) is 33.8. The smallest absolute Gasteiger partial charge is 0.338 e. The number of fused-ring (bicyclic) bond motifs is 1. The summed E-state index contributed by atoms with van der Waals surface area (Å²) in [5, 5.41) is 0. The van der Waals surface area contributed by atoms with Crippen molar-refractivity contribution < 1.29 is 23.4 Å². The van der Waals surface area contributed by atoms with Crippen LogP contribution < -0.4 is 24.4 Å². The fourth-order valence-corrected chi connectivity index (χ4v) is 8.08. The van der Waals surface area contributed by atoms with Crippen LogP contribution in [0.1, 0.15) is 42.1 Å². The molecule has 0 radical (unpaired) electrons. The van der Waals surface area contributed by atoms with Crippen molar-refractivity contribution >= 4 is 67.6 Å². The van der Waals surface area contributed by atoms with E-state index < -0.39 is 12.0 Å². The molecule has 0 fully saturated rings. The van der Waals surface area contributed by atoms with E-state index in [2.05, 4.69) is 38.5 Å². The molecule has 6 rings (SSSR count). The summed E-state index contributed by atoms with van der Waals surface area (Å²) in [6.45, 7) is 4.53. The number of hydrogen-bond donors (Lipinski definition) is 0. The van der Waals surface area contributed by atoms with Gasteiger partial charge < -0.3 is 14.2 Å². The first-order valence-corrected chi connectivity index (χ1v) is 17.8. The number of halogens is 3. The standard InChI is InChI=1S/C37H29BrFIN2O5S/c1-3-45-28-16-12-24(13-17-28)33-31(36(44)46-4-2)32(23-8-6-5-7-9-23)41-37-42(33)35(43)30(48-37)19-25-18-26(38)20-29(40)34(25)47-21-22-10-14-27(39)15-11-22/h5-20,33H,3-4,21H2,1-2H3/b30-19-/t33-/m0/s1. The Morgan fingerprint density at radius 3 is 2.42 bits per heavy atom. The largest absolute Gasteiger partial charge is 0.494 e. The monoisotopic (exact) mass is 838 g/mol. The molecule has 2 heterocycles. The number of hydrogen-bond acceptors (Lipinski definition) is 7. The molecule has 0 saturated heterocycles. The van der Waals surface area contributed by atoms with Crippen molar-refractivity contribution in [3.63, 3.8) is 0 Å². The van der Waals surface area contributed by atoms with Gasteiger partial charge in [-0.3, -0.25) is 9.36 Å². The first-order valence-electron chi connectivity index (χ1n) is 15.1. The second-order valence-electron chi connectivity index (χ2n) is 10.7. The molecule has 7 nitrogen and oxygen atoms in total. The van der Waals surface area contributed by atoms with Gasteiger partial charge in [-0.2, -0.15) is 0 Å². The number of esters is 1. The van der Waals surface area contributed by atoms with Crippen molar-refractivity contribution in [2.45, 2.75) is 26.5 Å². The summed E-state index contributed by atoms with van der Waals surface area (Å²) in [6, 6.07) is 25.9. The highest BCUT2D eigenvalue weighted by Crippen LogP contribution is 2.36. The Morgan fingerprint density at radius 1 is 1.00 bits per heavy atom. The molecule has 11 heteroatoms. The van der Waals surface area contributed by atoms with E-state index in [0.29, 0.717) is 44.3 Å². The van der Waals surface area contributed by atoms with Crippen molar-refractivity contribution in [1.29, 1.82) is 0 Å². The minimum atomic E-state index is -0.815. The van der Waals surface area contributed by atoms with Gasteiger partial charge in [-0.05, 0) is 90.0 Å². The third-order valence-electron chi connectivity index (χ3n) is 7.50. The van der Waals surface area contributed by atoms with Crippen LogP contribution in [-0.4, -0.2) is 23.8 Å². The molecule has 1 aromatic heterocycles. The predicted octanol–water partition coefficient (Wildman–Crippen LogP) is 7.42. The number of rotatable bonds is 10. The van der Waals surface area contributed by atoms with Gasteiger partial charge in [-0.1, -0.05) is 81.9 Å². The van der Waals surface area contributed by atoms with Crippen LogP contribution in [0.25, 0.3) is 11.8 Å². The molecular formula is C37H29BrFIN2O5S. The summed E-state index contributed by atoms with van der Waals surface area (Å²) in [6.07, 6.45) is 1.78. The number of ether oxygens (including phenoxy) is 3. The van der Waals surface area contributed by atoms with E-state index in [9.17, 15) is 14.0 Å². The molecule has 0 spiro atoms. The molecule has 0 bridgehead atoms. The van der Waals surface area contributed by atoms with E-state index in [1.807, 2.05) is 73.7 Å². The van der Waals surface area contributed by atoms with Crippen molar-refractivity contribution in [3.05, 3.63) is 152 Å². The third-order valence-corrected chi connectivity index (χ3v) is 9.74. The Morgan fingerprint density at radius 2 is 1.73 bits per heavy atom. The Kier molecular flexibility index (Phi) is 10.6. The maximum Gasteiger partial charge on any atom is 0.338 e. The Bertz CT molecular complexity index is 2180. The highest BCUT2D eigenvalue weighted by Gasteiger charge is 2.35. The number of thiazole rings is 1. The van der Waals surface area contributed by atoms with Crippen LogP contribution in [0.2, 0.25) is 0 Å². The summed E-state index contributed by atoms with van der Waals surface area (Å²) in [7, 11) is 0. The molecular weight excluding hydrogens is 810 g/mol. The van der Waals surface area contributed by atoms with E-state index in [4.69, 9.17) is 19.2 Å². The van der Waals surface area contributed by atoms with E-state index in [1.54, 1.807) is 29.7 Å². The van der Waals surface area contributed by atoms with Gasteiger partial charge in [-0.25, -0.2) is 14.2 Å². The van der Waals surface area contributed by atoms with Crippen molar-refractivity contribution in [2.75, 3.05) is 13.2 Å². The van der Waals surface area contributed by atoms with Crippen molar-refractivity contribution in [2.24, 2.45) is 4.99 Å². The third kappa shape index (κ3) is 7.18. The van der Waals surface area contributed by atoms with Gasteiger partial charge in [0.15, 0.2) is 4.80 Å². The molecule has 0 saturated carbocycles. The number of carbonyl (C=O) groups excluding carboxylic acids is 1. The fraction of sp³-hybridized carbons (Fsp3) is 0.162. The van der Waals surface area contributed by atoms with Crippen LogP contribution in [0.3, 0.4) is 0 Å². The number of benzene rings is 4. The molecule has 4 aromatic carbocycles. The normalized spacial score (nSPS) is 14.4. The number of carbonyl (C=O) groups is 1. The van der Waals surface area contributed by atoms with Crippen LogP contribution in [0, 0.1) is 9.39 Å². The van der Waals surface area contributed by atoms with E-state index in [1.165, 1.54) is 23.5 Å². The Balaban J connectivity index is 1.55. The number of aromatic nitrogens is 1. The summed E-state index contributed by atoms with van der Waals surface area (Å²) in [5.74, 6) is 0.384. The first-order chi connectivity index (χ1) is 23.3. The second-order valence-corrected chi connectivity index (χ2v) is 13.7. The van der Waals surface area contributed by atoms with Gasteiger partial charge in [0.1, 0.15) is 23.9 Å². The molecule has 0 unspecified atom stereocenters. The number of nitrogens with zero attached hydrogens (tertiary/aromatic N) is 2. The molecule has 244 valence electrons. The zero-order valence-corrected chi connectivity index (χ0v) is 30.5. The van der Waals surface area contributed by atoms with Crippen LogP contribution >= 0.6 is 49.9 Å². The van der Waals surface area contributed by atoms with Gasteiger partial charge in [0, 0.05) is 15.6 Å². The molecule has 48 heavy (non-hydrogen) atoms. The molecule has 5 aromatic rings. The summed E-state index contributed by atoms with van der Waals surface area (Å²) < 4.78 is 34.6. The van der Waals surface area contributed by atoms with Crippen LogP contribution in [0.4, 0.5) is 4.39 Å². The lowest BCUT2D eigenvalue weighted by atomic mass is 9.93. The van der Waals surface area contributed by atoms with Gasteiger partial charge >= 0.3 is 5.97 Å². The summed E-state index contributed by atoms with van der Waals surface area (Å²) in [5.41, 5.74) is 3.31. The molecule has 1 atom stereocenters. The van der Waals surface area contributed by atoms with Crippen LogP contribution in [0.5, 0.6) is 11.5 Å². The van der Waals surface area contributed by atoms with Crippen molar-refractivity contribution in [1.82, 2.24) is 4.57 Å². The maximum atomic E-state index is 14.4. The fourth-order valence-electron chi connectivity index (χ4n) is 5.39. The predicted molar refractivity (Wildman–Crippen MR) is 196 cm³/mol. The van der Waals surface area contributed by atoms with Gasteiger partial charge in [0.05, 0.1) is 38.6 Å². The quantitative estimate of drug-likeness (QED) is 0.108. The maximum absolute atomic E-state index is 14.4. The molecule has 0 aliphatic carbocycles.